The molecule has 0 bridgehead atoms. The van der Waals surface area contributed by atoms with Crippen molar-refractivity contribution in [3.8, 4) is 17.2 Å². The maximum Gasteiger partial charge on any atom is 0.397 e. The van der Waals surface area contributed by atoms with Crippen LogP contribution in [0.5, 0.6) is 17.2 Å². The molecule has 0 spiro atoms. The van der Waals surface area contributed by atoms with Crippen molar-refractivity contribution >= 4 is 10.4 Å². The van der Waals surface area contributed by atoms with Crippen molar-refractivity contribution in [2.45, 2.75) is 30.7 Å². The fraction of sp³-hybridized carbons (Fsp3) is 0.571. The Morgan fingerprint density at radius 1 is 1.04 bits per heavy atom. The first kappa shape index (κ1) is 20.6. The normalized spacial score (nSPS) is 29.2. The minimum absolute atomic E-state index is 0.185. The molecule has 0 unspecified atom stereocenters. The number of aliphatic hydroxyl groups excluding tert-OH is 3. The van der Waals surface area contributed by atoms with E-state index in [9.17, 15) is 23.7 Å². The Kier molecular flexibility index (Phi) is 6.63. The first-order valence-electron chi connectivity index (χ1n) is 7.36. The molecule has 1 aromatic carbocycles. The van der Waals surface area contributed by atoms with Gasteiger partial charge in [-0.15, -0.1) is 0 Å². The van der Waals surface area contributed by atoms with Gasteiger partial charge in [0.05, 0.1) is 20.8 Å². The van der Waals surface area contributed by atoms with E-state index in [1.807, 2.05) is 0 Å². The predicted octanol–water partition coefficient (Wildman–Crippen LogP) is -1.29. The number of rotatable bonds is 7. The van der Waals surface area contributed by atoms with Gasteiger partial charge in [-0.3, -0.25) is 4.55 Å². The highest BCUT2D eigenvalue weighted by atomic mass is 32.3. The van der Waals surface area contributed by atoms with Crippen LogP contribution in [0.3, 0.4) is 0 Å². The smallest absolute Gasteiger partial charge is 0.397 e. The summed E-state index contributed by atoms with van der Waals surface area (Å²) in [7, 11) is -1.92. The molecule has 1 aliphatic heterocycles. The average molecular weight is 396 g/mol. The third-order valence-corrected chi connectivity index (χ3v) is 4.09. The third-order valence-electron chi connectivity index (χ3n) is 3.66. The van der Waals surface area contributed by atoms with Crippen LogP contribution in [0.2, 0.25) is 0 Å². The summed E-state index contributed by atoms with van der Waals surface area (Å²) >= 11 is 0. The molecule has 0 amide bonds. The lowest BCUT2D eigenvalue weighted by molar-refractivity contribution is -0.276. The van der Waals surface area contributed by atoms with Crippen molar-refractivity contribution in [2.75, 3.05) is 20.8 Å². The van der Waals surface area contributed by atoms with Gasteiger partial charge in [0.2, 0.25) is 6.29 Å². The standard InChI is InChI=1S/C14H20O11S/c1-21-8-4-3-7(5-9(8)22-2)24-14-13(17)12(16)11(15)10(25-14)6-23-26(18,19)20/h3-5,10-17H,6H2,1-2H3,(H,18,19,20)/t10-,11-,12+,13-,14-/m1/s1. The number of aliphatic hydroxyl groups is 3. The molecule has 0 saturated carbocycles. The van der Waals surface area contributed by atoms with Crippen LogP contribution in [0.4, 0.5) is 0 Å². The summed E-state index contributed by atoms with van der Waals surface area (Å²) in [6.45, 7) is -0.796. The number of benzene rings is 1. The first-order valence-corrected chi connectivity index (χ1v) is 8.73. The molecule has 26 heavy (non-hydrogen) atoms. The highest BCUT2D eigenvalue weighted by molar-refractivity contribution is 7.80. The van der Waals surface area contributed by atoms with Crippen molar-refractivity contribution in [2.24, 2.45) is 0 Å². The molecule has 4 N–H and O–H groups in total. The molecule has 1 heterocycles. The molecule has 5 atom stereocenters. The molecule has 148 valence electrons. The van der Waals surface area contributed by atoms with Gasteiger partial charge >= 0.3 is 10.4 Å². The Morgan fingerprint density at radius 3 is 2.27 bits per heavy atom. The quantitative estimate of drug-likeness (QED) is 0.406. The highest BCUT2D eigenvalue weighted by Gasteiger charge is 2.45. The van der Waals surface area contributed by atoms with Crippen LogP contribution in [0.1, 0.15) is 0 Å². The van der Waals surface area contributed by atoms with Gasteiger partial charge in [0, 0.05) is 6.07 Å². The first-order chi connectivity index (χ1) is 12.2. The molecule has 0 aromatic heterocycles. The molecular formula is C14H20O11S. The lowest BCUT2D eigenvalue weighted by Gasteiger charge is -2.39. The topological polar surface area (TPSA) is 161 Å². The second kappa shape index (κ2) is 8.35. The predicted molar refractivity (Wildman–Crippen MR) is 84.4 cm³/mol. The maximum absolute atomic E-state index is 10.7. The van der Waals surface area contributed by atoms with Crippen LogP contribution in [0, 0.1) is 0 Å². The van der Waals surface area contributed by atoms with Gasteiger partial charge in [-0.05, 0) is 12.1 Å². The summed E-state index contributed by atoms with van der Waals surface area (Å²) in [5.41, 5.74) is 0. The van der Waals surface area contributed by atoms with E-state index in [0.29, 0.717) is 11.5 Å². The van der Waals surface area contributed by atoms with E-state index in [-0.39, 0.29) is 5.75 Å². The Bertz CT molecular complexity index is 707. The zero-order chi connectivity index (χ0) is 19.5. The number of ether oxygens (including phenoxy) is 4. The fourth-order valence-corrected chi connectivity index (χ4v) is 2.63. The van der Waals surface area contributed by atoms with Crippen LogP contribution in [0.25, 0.3) is 0 Å². The van der Waals surface area contributed by atoms with Crippen LogP contribution in [-0.2, 0) is 19.3 Å². The maximum atomic E-state index is 10.7. The Balaban J connectivity index is 2.14. The number of hydrogen-bond donors (Lipinski definition) is 4. The monoisotopic (exact) mass is 396 g/mol. The second-order valence-corrected chi connectivity index (χ2v) is 6.45. The summed E-state index contributed by atoms with van der Waals surface area (Å²) in [5, 5.41) is 29.8. The lowest BCUT2D eigenvalue weighted by atomic mass is 9.99. The summed E-state index contributed by atoms with van der Waals surface area (Å²) in [6.07, 6.45) is -7.86. The van der Waals surface area contributed by atoms with Gasteiger partial charge in [-0.25, -0.2) is 4.18 Å². The third kappa shape index (κ3) is 4.94. The van der Waals surface area contributed by atoms with Gasteiger partial charge in [-0.2, -0.15) is 8.42 Å². The Hall–Kier alpha value is -1.67. The lowest BCUT2D eigenvalue weighted by Crippen LogP contribution is -2.60. The van der Waals surface area contributed by atoms with Crippen molar-refractivity contribution < 1.29 is 51.4 Å². The molecule has 0 aliphatic carbocycles. The molecule has 1 saturated heterocycles. The highest BCUT2D eigenvalue weighted by Crippen LogP contribution is 2.32. The molecule has 1 aromatic rings. The zero-order valence-corrected chi connectivity index (χ0v) is 14.7. The van der Waals surface area contributed by atoms with Gasteiger partial charge < -0.3 is 34.3 Å². The van der Waals surface area contributed by atoms with E-state index in [0.717, 1.165) is 0 Å². The average Bonchev–Trinajstić information content (AvgIpc) is 2.60. The molecule has 0 radical (unpaired) electrons. The van der Waals surface area contributed by atoms with Crippen molar-refractivity contribution in [1.82, 2.24) is 0 Å². The van der Waals surface area contributed by atoms with E-state index in [1.54, 1.807) is 0 Å². The largest absolute Gasteiger partial charge is 0.493 e. The van der Waals surface area contributed by atoms with Gasteiger partial charge in [0.25, 0.3) is 0 Å². The van der Waals surface area contributed by atoms with Crippen LogP contribution < -0.4 is 14.2 Å². The van der Waals surface area contributed by atoms with E-state index in [4.69, 9.17) is 23.5 Å². The molecular weight excluding hydrogens is 376 g/mol. The van der Waals surface area contributed by atoms with Gasteiger partial charge in [0.15, 0.2) is 11.5 Å². The van der Waals surface area contributed by atoms with Crippen molar-refractivity contribution in [3.05, 3.63) is 18.2 Å². The molecule has 1 aliphatic rings. The molecule has 11 nitrogen and oxygen atoms in total. The summed E-state index contributed by atoms with van der Waals surface area (Å²) in [5.74, 6) is 0.951. The second-order valence-electron chi connectivity index (χ2n) is 5.36. The molecule has 12 heteroatoms. The summed E-state index contributed by atoms with van der Waals surface area (Å²) in [6, 6.07) is 4.46. The van der Waals surface area contributed by atoms with Crippen LogP contribution in [-0.4, -0.2) is 79.8 Å². The van der Waals surface area contributed by atoms with Crippen LogP contribution >= 0.6 is 0 Å². The molecule has 2 rings (SSSR count). The summed E-state index contributed by atoms with van der Waals surface area (Å²) in [4.78, 5) is 0. The van der Waals surface area contributed by atoms with E-state index in [2.05, 4.69) is 4.18 Å². The van der Waals surface area contributed by atoms with Crippen LogP contribution in [0.15, 0.2) is 18.2 Å². The fourth-order valence-electron chi connectivity index (χ4n) is 2.33. The van der Waals surface area contributed by atoms with Crippen molar-refractivity contribution in [1.29, 1.82) is 0 Å². The Labute approximate surface area is 149 Å². The molecule has 1 fully saturated rings. The Morgan fingerprint density at radius 2 is 1.69 bits per heavy atom. The number of hydrogen-bond acceptors (Lipinski definition) is 10. The van der Waals surface area contributed by atoms with Crippen molar-refractivity contribution in [3.63, 3.8) is 0 Å². The van der Waals surface area contributed by atoms with E-state index >= 15 is 0 Å². The SMILES string of the molecule is COc1ccc(O[C@@H]2O[C@H](COS(=O)(=O)O)[C@@H](O)[C@H](O)[C@H]2O)cc1OC. The van der Waals surface area contributed by atoms with Gasteiger partial charge in [0.1, 0.15) is 30.2 Å². The minimum Gasteiger partial charge on any atom is -0.493 e. The van der Waals surface area contributed by atoms with E-state index < -0.39 is 47.7 Å². The van der Waals surface area contributed by atoms with Gasteiger partial charge in [-0.1, -0.05) is 0 Å². The number of methoxy groups -OCH3 is 2. The van der Waals surface area contributed by atoms with E-state index in [1.165, 1.54) is 32.4 Å². The summed E-state index contributed by atoms with van der Waals surface area (Å²) < 4.78 is 55.0. The zero-order valence-electron chi connectivity index (χ0n) is 13.9. The minimum atomic E-state index is -4.78.